The van der Waals surface area contributed by atoms with E-state index in [-0.39, 0.29) is 0 Å². The first kappa shape index (κ1) is 21.4. The Bertz CT molecular complexity index is 1000. The van der Waals surface area contributed by atoms with Crippen molar-refractivity contribution in [3.05, 3.63) is 96.2 Å². The zero-order valence-corrected chi connectivity index (χ0v) is 17.0. The number of nitriles is 1. The van der Waals surface area contributed by atoms with Gasteiger partial charge in [0, 0.05) is 17.6 Å². The fraction of sp³-hybridized carbons (Fsp3) is 0.125. The molecular formula is C24H25N5. The Balaban J connectivity index is 0.000000687. The molecule has 5 heteroatoms. The Kier molecular flexibility index (Phi) is 7.69. The quantitative estimate of drug-likeness (QED) is 0.519. The van der Waals surface area contributed by atoms with Gasteiger partial charge < -0.3 is 10.6 Å². The van der Waals surface area contributed by atoms with Gasteiger partial charge in [-0.05, 0) is 62.2 Å². The molecule has 0 fully saturated rings. The van der Waals surface area contributed by atoms with Crippen molar-refractivity contribution in [1.82, 2.24) is 9.97 Å². The third-order valence-corrected chi connectivity index (χ3v) is 4.02. The van der Waals surface area contributed by atoms with Crippen molar-refractivity contribution in [2.24, 2.45) is 0 Å². The highest BCUT2D eigenvalue weighted by atomic mass is 15.1. The summed E-state index contributed by atoms with van der Waals surface area (Å²) in [6.07, 6.45) is 4.99. The number of anilines is 4. The second kappa shape index (κ2) is 10.4. The molecule has 0 bridgehead atoms. The minimum Gasteiger partial charge on any atom is -0.340 e. The molecule has 2 aromatic carbocycles. The fourth-order valence-corrected chi connectivity index (χ4v) is 2.75. The number of nitrogens with one attached hydrogen (secondary N) is 2. The number of aryl methyl sites for hydroxylation is 3. The van der Waals surface area contributed by atoms with Crippen LogP contribution in [-0.4, -0.2) is 9.97 Å². The molecule has 0 saturated carbocycles. The van der Waals surface area contributed by atoms with Crippen molar-refractivity contribution in [2.45, 2.75) is 20.8 Å². The number of aromatic nitrogens is 2. The van der Waals surface area contributed by atoms with E-state index in [1.165, 1.54) is 16.7 Å². The minimum atomic E-state index is 0.497. The average molecular weight is 383 g/mol. The first-order valence-electron chi connectivity index (χ1n) is 9.15. The average Bonchev–Trinajstić information content (AvgIpc) is 2.72. The van der Waals surface area contributed by atoms with E-state index in [0.29, 0.717) is 11.5 Å². The highest BCUT2D eigenvalue weighted by Crippen LogP contribution is 2.25. The van der Waals surface area contributed by atoms with E-state index in [4.69, 9.17) is 5.26 Å². The first-order chi connectivity index (χ1) is 14.0. The maximum atomic E-state index is 8.85. The van der Waals surface area contributed by atoms with Gasteiger partial charge in [-0.15, -0.1) is 0 Å². The lowest BCUT2D eigenvalue weighted by molar-refractivity contribution is 1.16. The maximum Gasteiger partial charge on any atom is 0.229 e. The van der Waals surface area contributed by atoms with Crippen LogP contribution in [0.5, 0.6) is 0 Å². The van der Waals surface area contributed by atoms with Crippen LogP contribution in [0.15, 0.2) is 74.0 Å². The minimum absolute atomic E-state index is 0.497. The molecule has 0 aliphatic rings. The molecule has 0 aliphatic heterocycles. The summed E-state index contributed by atoms with van der Waals surface area (Å²) in [6, 6.07) is 15.4. The highest BCUT2D eigenvalue weighted by molar-refractivity contribution is 5.66. The Hall–Kier alpha value is -3.91. The molecule has 0 amide bonds. The molecule has 0 saturated heterocycles. The number of allylic oxidation sites excluding steroid dienone is 2. The van der Waals surface area contributed by atoms with Gasteiger partial charge in [0.15, 0.2) is 0 Å². The zero-order valence-electron chi connectivity index (χ0n) is 17.0. The molecule has 0 aliphatic carbocycles. The zero-order chi connectivity index (χ0) is 21.2. The lowest BCUT2D eigenvalue weighted by Crippen LogP contribution is -2.02. The van der Waals surface area contributed by atoms with Crippen LogP contribution >= 0.6 is 0 Å². The smallest absolute Gasteiger partial charge is 0.229 e. The lowest BCUT2D eigenvalue weighted by Gasteiger charge is -2.14. The summed E-state index contributed by atoms with van der Waals surface area (Å²) in [5.41, 5.74) is 6.11. The SMILES string of the molecule is C=CC=C.Cc1cc(C)c(Nc2ccnc(Nc3ccc(C#N)cc3)n2)c(C)c1. The van der Waals surface area contributed by atoms with Crippen molar-refractivity contribution in [1.29, 1.82) is 5.26 Å². The van der Waals surface area contributed by atoms with Crippen molar-refractivity contribution >= 4 is 23.1 Å². The predicted molar refractivity (Wildman–Crippen MR) is 121 cm³/mol. The van der Waals surface area contributed by atoms with Crippen molar-refractivity contribution in [3.63, 3.8) is 0 Å². The molecule has 1 aromatic heterocycles. The van der Waals surface area contributed by atoms with E-state index in [2.05, 4.69) is 72.7 Å². The first-order valence-corrected chi connectivity index (χ1v) is 9.15. The van der Waals surface area contributed by atoms with Crippen LogP contribution in [0.4, 0.5) is 23.1 Å². The van der Waals surface area contributed by atoms with E-state index in [1.54, 1.807) is 30.5 Å². The molecule has 1 heterocycles. The van der Waals surface area contributed by atoms with Crippen LogP contribution in [0.2, 0.25) is 0 Å². The van der Waals surface area contributed by atoms with E-state index in [0.717, 1.165) is 17.2 Å². The summed E-state index contributed by atoms with van der Waals surface area (Å²) in [4.78, 5) is 8.76. The van der Waals surface area contributed by atoms with E-state index in [1.807, 2.05) is 18.2 Å². The third kappa shape index (κ3) is 6.33. The molecule has 3 rings (SSSR count). The maximum absolute atomic E-state index is 8.85. The summed E-state index contributed by atoms with van der Waals surface area (Å²) in [5.74, 6) is 1.22. The Morgan fingerprint density at radius 3 is 2.10 bits per heavy atom. The number of hydrogen-bond acceptors (Lipinski definition) is 5. The molecule has 0 radical (unpaired) electrons. The molecule has 2 N–H and O–H groups in total. The molecular weight excluding hydrogens is 358 g/mol. The van der Waals surface area contributed by atoms with Gasteiger partial charge in [-0.3, -0.25) is 0 Å². The molecule has 146 valence electrons. The monoisotopic (exact) mass is 383 g/mol. The largest absolute Gasteiger partial charge is 0.340 e. The number of benzene rings is 2. The molecule has 0 unspecified atom stereocenters. The Morgan fingerprint density at radius 1 is 0.931 bits per heavy atom. The van der Waals surface area contributed by atoms with Crippen molar-refractivity contribution < 1.29 is 0 Å². The van der Waals surface area contributed by atoms with Crippen molar-refractivity contribution in [3.8, 4) is 6.07 Å². The normalized spacial score (nSPS) is 9.45. The van der Waals surface area contributed by atoms with Gasteiger partial charge >= 0.3 is 0 Å². The van der Waals surface area contributed by atoms with Crippen LogP contribution in [0.25, 0.3) is 0 Å². The van der Waals surface area contributed by atoms with Gasteiger partial charge in [0.25, 0.3) is 0 Å². The van der Waals surface area contributed by atoms with E-state index < -0.39 is 0 Å². The van der Waals surface area contributed by atoms with E-state index in [9.17, 15) is 0 Å². The summed E-state index contributed by atoms with van der Waals surface area (Å²) in [7, 11) is 0. The summed E-state index contributed by atoms with van der Waals surface area (Å²) in [5, 5.41) is 15.4. The lowest BCUT2D eigenvalue weighted by atomic mass is 10.1. The molecule has 29 heavy (non-hydrogen) atoms. The second-order valence-corrected chi connectivity index (χ2v) is 6.45. The van der Waals surface area contributed by atoms with Crippen LogP contribution in [0, 0.1) is 32.1 Å². The molecule has 0 atom stereocenters. The van der Waals surface area contributed by atoms with Crippen LogP contribution in [0.3, 0.4) is 0 Å². The van der Waals surface area contributed by atoms with E-state index >= 15 is 0 Å². The Labute approximate surface area is 172 Å². The van der Waals surface area contributed by atoms with Gasteiger partial charge in [0.2, 0.25) is 5.95 Å². The fourth-order valence-electron chi connectivity index (χ4n) is 2.75. The number of hydrogen-bond donors (Lipinski definition) is 2. The molecule has 0 spiro atoms. The molecule has 3 aromatic rings. The number of rotatable bonds is 5. The van der Waals surface area contributed by atoms with Crippen LogP contribution < -0.4 is 10.6 Å². The topological polar surface area (TPSA) is 73.6 Å². The van der Waals surface area contributed by atoms with Crippen LogP contribution in [-0.2, 0) is 0 Å². The standard InChI is InChI=1S/C20H19N5.C4H6/c1-13-10-14(2)19(15(3)11-13)24-18-8-9-22-20(25-18)23-17-6-4-16(12-21)5-7-17;1-3-4-2/h4-11H,1-3H3,(H2,22,23,24,25);3-4H,1-2H2. The summed E-state index contributed by atoms with van der Waals surface area (Å²) < 4.78 is 0. The third-order valence-electron chi connectivity index (χ3n) is 4.02. The van der Waals surface area contributed by atoms with Crippen LogP contribution in [0.1, 0.15) is 22.3 Å². The molecule has 5 nitrogen and oxygen atoms in total. The Morgan fingerprint density at radius 2 is 1.55 bits per heavy atom. The summed E-state index contributed by atoms with van der Waals surface area (Å²) >= 11 is 0. The van der Waals surface area contributed by atoms with Crippen molar-refractivity contribution in [2.75, 3.05) is 10.6 Å². The highest BCUT2D eigenvalue weighted by Gasteiger charge is 2.06. The predicted octanol–water partition coefficient (Wildman–Crippen LogP) is 6.12. The van der Waals surface area contributed by atoms with Gasteiger partial charge in [-0.1, -0.05) is 43.0 Å². The van der Waals surface area contributed by atoms with Gasteiger partial charge in [0.05, 0.1) is 11.6 Å². The second-order valence-electron chi connectivity index (χ2n) is 6.45. The van der Waals surface area contributed by atoms with Gasteiger partial charge in [0.1, 0.15) is 5.82 Å². The summed E-state index contributed by atoms with van der Waals surface area (Å²) in [6.45, 7) is 13.0. The number of nitrogens with zero attached hydrogens (tertiary/aromatic N) is 3. The van der Waals surface area contributed by atoms with Gasteiger partial charge in [-0.25, -0.2) is 4.98 Å². The van der Waals surface area contributed by atoms with Gasteiger partial charge in [-0.2, -0.15) is 10.2 Å².